The molecule has 0 aliphatic heterocycles. The van der Waals surface area contributed by atoms with E-state index in [-0.39, 0.29) is 0 Å². The molecular weight excluding hydrogens is 100 g/mol. The second-order valence-electron chi connectivity index (χ2n) is 1.54. The van der Waals surface area contributed by atoms with Gasteiger partial charge in [0.1, 0.15) is 6.61 Å². The first kappa shape index (κ1) is 5.32. The third kappa shape index (κ3) is 1.07. The van der Waals surface area contributed by atoms with E-state index in [2.05, 4.69) is 0 Å². The van der Waals surface area contributed by atoms with E-state index < -0.39 is 0 Å². The van der Waals surface area contributed by atoms with Gasteiger partial charge < -0.3 is 5.11 Å². The molecule has 1 radical (unpaired) electrons. The summed E-state index contributed by atoms with van der Waals surface area (Å²) >= 11 is 0. The van der Waals surface area contributed by atoms with Crippen molar-refractivity contribution in [3.63, 3.8) is 0 Å². The van der Waals surface area contributed by atoms with Gasteiger partial charge in [-0.05, 0) is 5.56 Å². The molecule has 41 valence electrons. The van der Waals surface area contributed by atoms with Crippen molar-refractivity contribution in [1.29, 1.82) is 0 Å². The lowest BCUT2D eigenvalue weighted by Crippen LogP contribution is -1.74. The molecule has 1 nitrogen and oxygen atoms in total. The van der Waals surface area contributed by atoms with Crippen LogP contribution in [-0.2, 0) is 0 Å². The molecule has 0 bridgehead atoms. The van der Waals surface area contributed by atoms with Crippen molar-refractivity contribution < 1.29 is 5.11 Å². The van der Waals surface area contributed by atoms with Gasteiger partial charge in [0, 0.05) is 0 Å². The fourth-order valence-corrected chi connectivity index (χ4v) is 0.539. The first-order valence-corrected chi connectivity index (χ1v) is 2.46. The van der Waals surface area contributed by atoms with Gasteiger partial charge in [0.05, 0.1) is 0 Å². The molecule has 0 saturated carbocycles. The Morgan fingerprint density at radius 1 is 1.12 bits per heavy atom. The Hall–Kier alpha value is -0.820. The minimum absolute atomic E-state index is 0.840. The van der Waals surface area contributed by atoms with Crippen molar-refractivity contribution in [2.75, 3.05) is 0 Å². The van der Waals surface area contributed by atoms with Gasteiger partial charge in [0.15, 0.2) is 0 Å². The highest BCUT2D eigenvalue weighted by Crippen LogP contribution is 1.97. The van der Waals surface area contributed by atoms with Gasteiger partial charge in [0.25, 0.3) is 0 Å². The van der Waals surface area contributed by atoms with Gasteiger partial charge in [-0.3, -0.25) is 0 Å². The van der Waals surface area contributed by atoms with E-state index in [9.17, 15) is 0 Å². The third-order valence-electron chi connectivity index (χ3n) is 0.949. The molecule has 0 aliphatic carbocycles. The van der Waals surface area contributed by atoms with Crippen LogP contribution in [0.3, 0.4) is 0 Å². The van der Waals surface area contributed by atoms with Crippen LogP contribution in [0.15, 0.2) is 30.3 Å². The lowest BCUT2D eigenvalue weighted by molar-refractivity contribution is 0.415. The van der Waals surface area contributed by atoms with Crippen LogP contribution in [0.1, 0.15) is 5.56 Å². The summed E-state index contributed by atoms with van der Waals surface area (Å²) in [6.45, 7) is 1.08. The maximum Gasteiger partial charge on any atom is 0.109 e. The average molecular weight is 107 g/mol. The number of hydrogen-bond acceptors (Lipinski definition) is 1. The normalized spacial score (nSPS) is 9.12. The minimum Gasteiger partial charge on any atom is -0.385 e. The average Bonchev–Trinajstić information content (AvgIpc) is 1.90. The van der Waals surface area contributed by atoms with E-state index in [1.54, 1.807) is 0 Å². The maximum atomic E-state index is 8.41. The van der Waals surface area contributed by atoms with E-state index in [0.29, 0.717) is 0 Å². The Labute approximate surface area is 48.6 Å². The number of rotatable bonds is 1. The molecule has 1 heteroatoms. The predicted octanol–water partition coefficient (Wildman–Crippen LogP) is 1.57. The summed E-state index contributed by atoms with van der Waals surface area (Å²) in [6, 6.07) is 9.33. The molecular formula is C7H7O. The Kier molecular flexibility index (Phi) is 1.65. The summed E-state index contributed by atoms with van der Waals surface area (Å²) in [4.78, 5) is 0. The number of aliphatic hydroxyl groups is 1. The van der Waals surface area contributed by atoms with Crippen molar-refractivity contribution in [3.8, 4) is 0 Å². The Bertz CT molecular complexity index is 146. The highest BCUT2D eigenvalue weighted by Gasteiger charge is 1.82. The van der Waals surface area contributed by atoms with Crippen molar-refractivity contribution >= 4 is 0 Å². The smallest absolute Gasteiger partial charge is 0.109 e. The fraction of sp³-hybridized carbons (Fsp3) is 0. The Balaban J connectivity index is 2.83. The fourth-order valence-electron chi connectivity index (χ4n) is 0.539. The minimum atomic E-state index is 0.840. The molecule has 8 heavy (non-hydrogen) atoms. The van der Waals surface area contributed by atoms with Crippen molar-refractivity contribution in [2.24, 2.45) is 0 Å². The first-order valence-electron chi connectivity index (χ1n) is 2.46. The second-order valence-corrected chi connectivity index (χ2v) is 1.54. The zero-order valence-electron chi connectivity index (χ0n) is 4.41. The zero-order valence-corrected chi connectivity index (χ0v) is 4.41. The third-order valence-corrected chi connectivity index (χ3v) is 0.949. The van der Waals surface area contributed by atoms with Crippen LogP contribution in [-0.4, -0.2) is 5.11 Å². The molecule has 1 aromatic rings. The molecule has 1 N–H and O–H groups in total. The lowest BCUT2D eigenvalue weighted by Gasteiger charge is -1.88. The molecule has 1 aromatic carbocycles. The summed E-state index contributed by atoms with van der Waals surface area (Å²) in [6.07, 6.45) is 0. The summed E-state index contributed by atoms with van der Waals surface area (Å²) in [7, 11) is 0. The van der Waals surface area contributed by atoms with E-state index in [4.69, 9.17) is 5.11 Å². The lowest BCUT2D eigenvalue weighted by atomic mass is 10.2. The number of aliphatic hydroxyl groups excluding tert-OH is 1. The summed E-state index contributed by atoms with van der Waals surface area (Å²) in [5.41, 5.74) is 0.840. The quantitative estimate of drug-likeness (QED) is 0.577. The van der Waals surface area contributed by atoms with Gasteiger partial charge in [-0.2, -0.15) is 0 Å². The van der Waals surface area contributed by atoms with Crippen LogP contribution in [0.25, 0.3) is 0 Å². The molecule has 0 saturated heterocycles. The van der Waals surface area contributed by atoms with E-state index in [1.165, 1.54) is 0 Å². The van der Waals surface area contributed by atoms with Crippen LogP contribution in [0.4, 0.5) is 0 Å². The second kappa shape index (κ2) is 2.48. The van der Waals surface area contributed by atoms with Gasteiger partial charge in [-0.15, -0.1) is 0 Å². The van der Waals surface area contributed by atoms with Crippen LogP contribution < -0.4 is 0 Å². The highest BCUT2D eigenvalue weighted by molar-refractivity contribution is 5.18. The molecule has 1 rings (SSSR count). The molecule has 0 aliphatic rings. The summed E-state index contributed by atoms with van der Waals surface area (Å²) in [5, 5.41) is 8.41. The van der Waals surface area contributed by atoms with Crippen molar-refractivity contribution in [2.45, 2.75) is 0 Å². The van der Waals surface area contributed by atoms with Crippen LogP contribution in [0.5, 0.6) is 0 Å². The summed E-state index contributed by atoms with van der Waals surface area (Å²) in [5.74, 6) is 0. The largest absolute Gasteiger partial charge is 0.385 e. The molecule has 0 atom stereocenters. The first-order chi connectivity index (χ1) is 3.93. The van der Waals surface area contributed by atoms with E-state index in [1.807, 2.05) is 30.3 Å². The maximum absolute atomic E-state index is 8.41. The monoisotopic (exact) mass is 107 g/mol. The van der Waals surface area contributed by atoms with Crippen LogP contribution in [0, 0.1) is 6.61 Å². The number of hydrogen-bond donors (Lipinski definition) is 1. The molecule has 0 amide bonds. The molecule has 0 aromatic heterocycles. The highest BCUT2D eigenvalue weighted by atomic mass is 16.3. The van der Waals surface area contributed by atoms with Crippen LogP contribution >= 0.6 is 0 Å². The molecule has 0 heterocycles. The van der Waals surface area contributed by atoms with Crippen LogP contribution in [0.2, 0.25) is 0 Å². The Morgan fingerprint density at radius 3 is 2.12 bits per heavy atom. The number of benzene rings is 1. The topological polar surface area (TPSA) is 20.2 Å². The predicted molar refractivity (Wildman–Crippen MR) is 31.8 cm³/mol. The van der Waals surface area contributed by atoms with Crippen molar-refractivity contribution in [3.05, 3.63) is 42.5 Å². The molecule has 0 spiro atoms. The van der Waals surface area contributed by atoms with Gasteiger partial charge in [0.2, 0.25) is 0 Å². The van der Waals surface area contributed by atoms with Gasteiger partial charge in [-0.1, -0.05) is 30.3 Å². The Morgan fingerprint density at radius 2 is 1.75 bits per heavy atom. The van der Waals surface area contributed by atoms with E-state index in [0.717, 1.165) is 12.2 Å². The summed E-state index contributed by atoms with van der Waals surface area (Å²) < 4.78 is 0. The molecule has 0 fully saturated rings. The van der Waals surface area contributed by atoms with Gasteiger partial charge >= 0.3 is 0 Å². The standard InChI is InChI=1S/C7H7O/c8-6-7-4-2-1-3-5-7/h1-6,8H. The van der Waals surface area contributed by atoms with Crippen molar-refractivity contribution in [1.82, 2.24) is 0 Å². The van der Waals surface area contributed by atoms with Gasteiger partial charge in [-0.25, -0.2) is 0 Å². The van der Waals surface area contributed by atoms with E-state index >= 15 is 0 Å². The SMILES string of the molecule is O[CH]c1ccccc1. The molecule has 0 unspecified atom stereocenters. The zero-order chi connectivity index (χ0) is 5.82.